The van der Waals surface area contributed by atoms with E-state index < -0.39 is 5.91 Å². The van der Waals surface area contributed by atoms with Crippen molar-refractivity contribution in [3.8, 4) is 0 Å². The molecule has 1 aromatic heterocycles. The Kier molecular flexibility index (Phi) is 8.06. The van der Waals surface area contributed by atoms with Gasteiger partial charge < -0.3 is 15.5 Å². The van der Waals surface area contributed by atoms with Gasteiger partial charge in [0, 0.05) is 25.1 Å². The van der Waals surface area contributed by atoms with E-state index in [2.05, 4.69) is 25.7 Å². The van der Waals surface area contributed by atoms with Gasteiger partial charge in [0.15, 0.2) is 0 Å². The predicted octanol–water partition coefficient (Wildman–Crippen LogP) is 2.85. The third-order valence-electron chi connectivity index (χ3n) is 4.75. The minimum absolute atomic E-state index is 0.0174. The molecular formula is C20H26FN5O2S. The molecular weight excluding hydrogens is 393 g/mol. The van der Waals surface area contributed by atoms with Crippen LogP contribution in [0.5, 0.6) is 0 Å². The molecule has 0 spiro atoms. The quantitative estimate of drug-likeness (QED) is 0.611. The van der Waals surface area contributed by atoms with Crippen LogP contribution in [-0.4, -0.2) is 53.1 Å². The Morgan fingerprint density at radius 1 is 1.10 bits per heavy atom. The van der Waals surface area contributed by atoms with Crippen molar-refractivity contribution < 1.29 is 14.0 Å². The Morgan fingerprint density at radius 2 is 1.86 bits per heavy atom. The van der Waals surface area contributed by atoms with Crippen LogP contribution in [0.25, 0.3) is 0 Å². The average molecular weight is 420 g/mol. The number of amides is 2. The van der Waals surface area contributed by atoms with E-state index in [-0.39, 0.29) is 16.7 Å². The molecule has 2 amide bonds. The van der Waals surface area contributed by atoms with Crippen molar-refractivity contribution in [1.29, 1.82) is 0 Å². The van der Waals surface area contributed by atoms with E-state index in [1.54, 1.807) is 0 Å². The Balaban J connectivity index is 1.34. The van der Waals surface area contributed by atoms with Gasteiger partial charge in [0.25, 0.3) is 5.91 Å². The monoisotopic (exact) mass is 419 g/mol. The zero-order valence-electron chi connectivity index (χ0n) is 16.3. The molecule has 0 unspecified atom stereocenters. The van der Waals surface area contributed by atoms with Crippen molar-refractivity contribution in [3.05, 3.63) is 40.1 Å². The first kappa shape index (κ1) is 21.3. The number of nitrogens with one attached hydrogen (secondary N) is 2. The van der Waals surface area contributed by atoms with Gasteiger partial charge in [0.2, 0.25) is 10.9 Å². The summed E-state index contributed by atoms with van der Waals surface area (Å²) in [6.45, 7) is 4.05. The average Bonchev–Trinajstić information content (AvgIpc) is 3.21. The fourth-order valence-corrected chi connectivity index (χ4v) is 3.92. The molecule has 0 bridgehead atoms. The summed E-state index contributed by atoms with van der Waals surface area (Å²) in [4.78, 5) is 26.6. The first-order valence-electron chi connectivity index (χ1n) is 9.98. The molecule has 7 nitrogen and oxygen atoms in total. The number of hydrogen-bond acceptors (Lipinski definition) is 6. The second-order valence-corrected chi connectivity index (χ2v) is 8.13. The summed E-state index contributed by atoms with van der Waals surface area (Å²) in [6, 6.07) is 5.49. The number of carbonyl (C=O) groups excluding carboxylic acids is 2. The Labute approximate surface area is 173 Å². The lowest BCUT2D eigenvalue weighted by Crippen LogP contribution is -2.33. The number of carbonyl (C=O) groups is 2. The first-order valence-corrected chi connectivity index (χ1v) is 10.8. The fraction of sp³-hybridized carbons (Fsp3) is 0.500. The summed E-state index contributed by atoms with van der Waals surface area (Å²) in [5.74, 6) is -0.787. The highest BCUT2D eigenvalue weighted by Gasteiger charge is 2.14. The van der Waals surface area contributed by atoms with Crippen molar-refractivity contribution in [2.75, 3.05) is 31.5 Å². The number of aryl methyl sites for hydroxylation is 1. The van der Waals surface area contributed by atoms with Crippen LogP contribution in [-0.2, 0) is 11.2 Å². The summed E-state index contributed by atoms with van der Waals surface area (Å²) in [5, 5.41) is 14.3. The number of halogens is 1. The van der Waals surface area contributed by atoms with Gasteiger partial charge in [0.1, 0.15) is 10.8 Å². The molecule has 29 heavy (non-hydrogen) atoms. The van der Waals surface area contributed by atoms with Crippen molar-refractivity contribution in [1.82, 2.24) is 20.4 Å². The van der Waals surface area contributed by atoms with Crippen LogP contribution >= 0.6 is 11.3 Å². The molecule has 2 aromatic rings. The van der Waals surface area contributed by atoms with E-state index in [0.29, 0.717) is 30.1 Å². The van der Waals surface area contributed by atoms with Crippen LogP contribution in [0.1, 0.15) is 46.9 Å². The summed E-state index contributed by atoms with van der Waals surface area (Å²) >= 11 is 1.16. The van der Waals surface area contributed by atoms with E-state index >= 15 is 0 Å². The van der Waals surface area contributed by atoms with Crippen molar-refractivity contribution in [3.63, 3.8) is 0 Å². The van der Waals surface area contributed by atoms with Gasteiger partial charge in [-0.25, -0.2) is 4.39 Å². The first-order chi connectivity index (χ1) is 14.1. The summed E-state index contributed by atoms with van der Waals surface area (Å²) in [5.41, 5.74) is 0.483. The van der Waals surface area contributed by atoms with Crippen LogP contribution < -0.4 is 10.6 Å². The van der Waals surface area contributed by atoms with Crippen molar-refractivity contribution in [2.24, 2.45) is 0 Å². The maximum absolute atomic E-state index is 12.9. The third-order valence-corrected chi connectivity index (χ3v) is 5.73. The summed E-state index contributed by atoms with van der Waals surface area (Å²) < 4.78 is 12.9. The van der Waals surface area contributed by atoms with E-state index in [4.69, 9.17) is 0 Å². The van der Waals surface area contributed by atoms with Gasteiger partial charge in [0.05, 0.1) is 0 Å². The maximum Gasteiger partial charge on any atom is 0.286 e. The summed E-state index contributed by atoms with van der Waals surface area (Å²) in [7, 11) is 0. The minimum Gasteiger partial charge on any atom is -0.356 e. The predicted molar refractivity (Wildman–Crippen MR) is 111 cm³/mol. The lowest BCUT2D eigenvalue weighted by Gasteiger charge is -2.26. The Bertz CT molecular complexity index is 805. The minimum atomic E-state index is -0.400. The number of benzene rings is 1. The molecule has 1 aliphatic rings. The zero-order chi connectivity index (χ0) is 20.5. The molecule has 156 valence electrons. The number of piperidine rings is 1. The zero-order valence-corrected chi connectivity index (χ0v) is 17.1. The molecule has 2 heterocycles. The van der Waals surface area contributed by atoms with Gasteiger partial charge >= 0.3 is 0 Å². The van der Waals surface area contributed by atoms with Crippen LogP contribution in [0.2, 0.25) is 0 Å². The van der Waals surface area contributed by atoms with Gasteiger partial charge in [-0.3, -0.25) is 9.59 Å². The number of rotatable bonds is 9. The Morgan fingerprint density at radius 3 is 2.62 bits per heavy atom. The van der Waals surface area contributed by atoms with Gasteiger partial charge in [-0.05, 0) is 63.2 Å². The molecule has 0 atom stereocenters. The van der Waals surface area contributed by atoms with E-state index in [1.807, 2.05) is 0 Å². The van der Waals surface area contributed by atoms with Gasteiger partial charge in [-0.1, -0.05) is 17.8 Å². The smallest absolute Gasteiger partial charge is 0.286 e. The van der Waals surface area contributed by atoms with Gasteiger partial charge in [-0.2, -0.15) is 0 Å². The van der Waals surface area contributed by atoms with Crippen molar-refractivity contribution in [2.45, 2.75) is 38.5 Å². The van der Waals surface area contributed by atoms with E-state index in [0.717, 1.165) is 24.3 Å². The normalized spacial score (nSPS) is 14.5. The number of likely N-dealkylation sites (tertiary alicyclic amines) is 1. The molecule has 3 rings (SSSR count). The highest BCUT2D eigenvalue weighted by molar-refractivity contribution is 7.13. The van der Waals surface area contributed by atoms with E-state index in [9.17, 15) is 14.0 Å². The molecule has 0 aliphatic carbocycles. The molecule has 9 heteroatoms. The third kappa shape index (κ3) is 7.17. The van der Waals surface area contributed by atoms with E-state index in [1.165, 1.54) is 56.6 Å². The number of aromatic nitrogens is 2. The molecule has 0 saturated carbocycles. The molecule has 0 radical (unpaired) electrons. The van der Waals surface area contributed by atoms with Crippen LogP contribution in [0.15, 0.2) is 24.3 Å². The number of anilines is 1. The lowest BCUT2D eigenvalue weighted by molar-refractivity contribution is -0.121. The fourth-order valence-electron chi connectivity index (χ4n) is 3.19. The second-order valence-electron chi connectivity index (χ2n) is 7.07. The summed E-state index contributed by atoms with van der Waals surface area (Å²) in [6.07, 6.45) is 5.60. The molecule has 1 aliphatic heterocycles. The maximum atomic E-state index is 12.9. The lowest BCUT2D eigenvalue weighted by atomic mass is 10.1. The van der Waals surface area contributed by atoms with Crippen LogP contribution in [0.4, 0.5) is 10.1 Å². The SMILES string of the molecule is O=C(CCc1nnc(C(=O)Nc2ccc(F)cc2)s1)NCCCN1CCCCC1. The number of hydrogen-bond donors (Lipinski definition) is 2. The molecule has 2 N–H and O–H groups in total. The molecule has 1 aromatic carbocycles. The highest BCUT2D eigenvalue weighted by atomic mass is 32.1. The second kappa shape index (κ2) is 11.0. The van der Waals surface area contributed by atoms with Crippen LogP contribution in [0, 0.1) is 5.82 Å². The van der Waals surface area contributed by atoms with Crippen molar-refractivity contribution >= 4 is 28.8 Å². The molecule has 1 fully saturated rings. The largest absolute Gasteiger partial charge is 0.356 e. The standard InChI is InChI=1S/C20H26FN5O2S/c21-15-5-7-16(8-6-15)23-19(28)20-25-24-18(29-20)10-9-17(27)22-11-4-14-26-12-2-1-3-13-26/h5-8H,1-4,9-14H2,(H,22,27)(H,23,28). The van der Waals surface area contributed by atoms with Gasteiger partial charge in [-0.15, -0.1) is 10.2 Å². The molecule has 1 saturated heterocycles. The topological polar surface area (TPSA) is 87.2 Å². The number of nitrogens with zero attached hydrogens (tertiary/aromatic N) is 3. The Hall–Kier alpha value is -2.39. The van der Waals surface area contributed by atoms with Crippen LogP contribution in [0.3, 0.4) is 0 Å². The highest BCUT2D eigenvalue weighted by Crippen LogP contribution is 2.15.